The minimum atomic E-state index is -0.824. The van der Waals surface area contributed by atoms with Crippen LogP contribution in [-0.2, 0) is 0 Å². The summed E-state index contributed by atoms with van der Waals surface area (Å²) in [6, 6.07) is 3.16. The van der Waals surface area contributed by atoms with Gasteiger partial charge in [0.1, 0.15) is 17.6 Å². The zero-order valence-electron chi connectivity index (χ0n) is 11.4. The topological polar surface area (TPSA) is 83.6 Å². The minimum Gasteiger partial charge on any atom is -0.348 e. The van der Waals surface area contributed by atoms with Crippen molar-refractivity contribution >= 4 is 5.91 Å². The van der Waals surface area contributed by atoms with Crippen molar-refractivity contribution in [3.63, 3.8) is 0 Å². The number of aromatic nitrogens is 4. The largest absolute Gasteiger partial charge is 0.348 e. The summed E-state index contributed by atoms with van der Waals surface area (Å²) in [5.41, 5.74) is 0.918. The molecular formula is C14H16FN5O. The lowest BCUT2D eigenvalue weighted by Crippen LogP contribution is -2.39. The minimum absolute atomic E-state index is 0.119. The lowest BCUT2D eigenvalue weighted by Gasteiger charge is -2.25. The molecule has 1 saturated carbocycles. The van der Waals surface area contributed by atoms with Gasteiger partial charge in [-0.15, -0.1) is 0 Å². The maximum atomic E-state index is 13.3. The molecule has 0 bridgehead atoms. The molecule has 6 nitrogen and oxygen atoms in total. The summed E-state index contributed by atoms with van der Waals surface area (Å²) in [6.07, 6.45) is 4.87. The summed E-state index contributed by atoms with van der Waals surface area (Å²) in [5, 5.41) is 9.42. The summed E-state index contributed by atoms with van der Waals surface area (Å²) >= 11 is 0. The summed E-state index contributed by atoms with van der Waals surface area (Å²) < 4.78 is 13.3. The third kappa shape index (κ3) is 3.24. The average Bonchev–Trinajstić information content (AvgIpc) is 3.02. The SMILES string of the molecule is O=C(NC1CCCC(F)C1)c1ccnc(-c2ccn[nH]2)n1. The molecule has 1 fully saturated rings. The number of hydrogen-bond donors (Lipinski definition) is 2. The van der Waals surface area contributed by atoms with Crippen molar-refractivity contribution in [1.29, 1.82) is 0 Å². The number of nitrogens with zero attached hydrogens (tertiary/aromatic N) is 3. The molecule has 1 aliphatic carbocycles. The normalized spacial score (nSPS) is 22.0. The van der Waals surface area contributed by atoms with E-state index in [1.807, 2.05) is 0 Å². The first-order valence-electron chi connectivity index (χ1n) is 7.00. The number of aromatic amines is 1. The Morgan fingerprint density at radius 2 is 2.24 bits per heavy atom. The molecule has 0 spiro atoms. The van der Waals surface area contributed by atoms with E-state index < -0.39 is 6.17 Å². The summed E-state index contributed by atoms with van der Waals surface area (Å²) in [4.78, 5) is 20.5. The summed E-state index contributed by atoms with van der Waals surface area (Å²) in [5.74, 6) is 0.115. The molecule has 2 aromatic rings. The molecule has 110 valence electrons. The second-order valence-electron chi connectivity index (χ2n) is 5.17. The molecule has 0 saturated heterocycles. The van der Waals surface area contributed by atoms with Gasteiger partial charge in [-0.3, -0.25) is 9.89 Å². The highest BCUT2D eigenvalue weighted by molar-refractivity contribution is 5.92. The molecule has 1 amide bonds. The Bertz CT molecular complexity index is 616. The van der Waals surface area contributed by atoms with E-state index in [1.54, 1.807) is 18.3 Å². The molecule has 2 atom stereocenters. The smallest absolute Gasteiger partial charge is 0.270 e. The van der Waals surface area contributed by atoms with Crippen LogP contribution in [0.25, 0.3) is 11.5 Å². The number of amides is 1. The maximum absolute atomic E-state index is 13.3. The fraction of sp³-hybridized carbons (Fsp3) is 0.429. The molecular weight excluding hydrogens is 273 g/mol. The Morgan fingerprint density at radius 3 is 3.00 bits per heavy atom. The summed E-state index contributed by atoms with van der Waals surface area (Å²) in [6.45, 7) is 0. The van der Waals surface area contributed by atoms with Gasteiger partial charge in [0.25, 0.3) is 5.91 Å². The molecule has 2 heterocycles. The highest BCUT2D eigenvalue weighted by atomic mass is 19.1. The highest BCUT2D eigenvalue weighted by Gasteiger charge is 2.23. The van der Waals surface area contributed by atoms with Gasteiger partial charge in [0.05, 0.1) is 0 Å². The van der Waals surface area contributed by atoms with Crippen LogP contribution in [0.2, 0.25) is 0 Å². The average molecular weight is 289 g/mol. The third-order valence-corrected chi connectivity index (χ3v) is 3.58. The molecule has 2 aromatic heterocycles. The molecule has 2 unspecified atom stereocenters. The molecule has 7 heteroatoms. The van der Waals surface area contributed by atoms with Crippen LogP contribution in [-0.4, -0.2) is 38.3 Å². The Morgan fingerprint density at radius 1 is 1.33 bits per heavy atom. The van der Waals surface area contributed by atoms with Crippen LogP contribution in [0.3, 0.4) is 0 Å². The molecule has 3 rings (SSSR count). The second-order valence-corrected chi connectivity index (χ2v) is 5.17. The molecule has 21 heavy (non-hydrogen) atoms. The lowest BCUT2D eigenvalue weighted by atomic mass is 9.94. The predicted molar refractivity (Wildman–Crippen MR) is 74.2 cm³/mol. The van der Waals surface area contributed by atoms with E-state index in [-0.39, 0.29) is 17.6 Å². The van der Waals surface area contributed by atoms with E-state index in [0.29, 0.717) is 24.4 Å². The fourth-order valence-corrected chi connectivity index (χ4v) is 2.52. The number of H-pyrrole nitrogens is 1. The molecule has 0 radical (unpaired) electrons. The first-order chi connectivity index (χ1) is 10.2. The fourth-order valence-electron chi connectivity index (χ4n) is 2.52. The van der Waals surface area contributed by atoms with Gasteiger partial charge in [-0.1, -0.05) is 0 Å². The van der Waals surface area contributed by atoms with Gasteiger partial charge in [-0.05, 0) is 37.8 Å². The van der Waals surface area contributed by atoms with Gasteiger partial charge in [0, 0.05) is 18.4 Å². The standard InChI is InChI=1S/C14H16FN5O/c15-9-2-1-3-10(8-9)18-14(21)12-4-6-16-13(19-12)11-5-7-17-20-11/h4-7,9-10H,1-3,8H2,(H,17,20)(H,18,21). The number of alkyl halides is 1. The van der Waals surface area contributed by atoms with Gasteiger partial charge in [0.2, 0.25) is 0 Å². The monoisotopic (exact) mass is 289 g/mol. The van der Waals surface area contributed by atoms with Crippen molar-refractivity contribution in [1.82, 2.24) is 25.5 Å². The van der Waals surface area contributed by atoms with Gasteiger partial charge in [-0.25, -0.2) is 14.4 Å². The van der Waals surface area contributed by atoms with Crippen LogP contribution in [0.1, 0.15) is 36.2 Å². The number of halogens is 1. The molecule has 0 aromatic carbocycles. The second kappa shape index (κ2) is 5.99. The number of carbonyl (C=O) groups excluding carboxylic acids is 1. The van der Waals surface area contributed by atoms with Crippen LogP contribution < -0.4 is 5.32 Å². The lowest BCUT2D eigenvalue weighted by molar-refractivity contribution is 0.0908. The van der Waals surface area contributed by atoms with Crippen molar-refractivity contribution in [3.05, 3.63) is 30.2 Å². The number of nitrogens with one attached hydrogen (secondary N) is 2. The third-order valence-electron chi connectivity index (χ3n) is 3.58. The van der Waals surface area contributed by atoms with Crippen LogP contribution >= 0.6 is 0 Å². The van der Waals surface area contributed by atoms with Gasteiger partial charge in [-0.2, -0.15) is 5.10 Å². The number of hydrogen-bond acceptors (Lipinski definition) is 4. The van der Waals surface area contributed by atoms with E-state index in [9.17, 15) is 9.18 Å². The molecule has 1 aliphatic rings. The van der Waals surface area contributed by atoms with Crippen molar-refractivity contribution in [3.8, 4) is 11.5 Å². The van der Waals surface area contributed by atoms with Crippen LogP contribution in [0.4, 0.5) is 4.39 Å². The Balaban J connectivity index is 1.71. The van der Waals surface area contributed by atoms with Gasteiger partial charge < -0.3 is 5.32 Å². The number of carbonyl (C=O) groups is 1. The zero-order valence-corrected chi connectivity index (χ0v) is 11.4. The van der Waals surface area contributed by atoms with E-state index in [1.165, 1.54) is 6.20 Å². The van der Waals surface area contributed by atoms with Crippen LogP contribution in [0.15, 0.2) is 24.5 Å². The van der Waals surface area contributed by atoms with Crippen LogP contribution in [0.5, 0.6) is 0 Å². The van der Waals surface area contributed by atoms with E-state index in [0.717, 1.165) is 12.8 Å². The summed E-state index contributed by atoms with van der Waals surface area (Å²) in [7, 11) is 0. The van der Waals surface area contributed by atoms with Crippen molar-refractivity contribution in [2.75, 3.05) is 0 Å². The van der Waals surface area contributed by atoms with Gasteiger partial charge in [0.15, 0.2) is 5.82 Å². The van der Waals surface area contributed by atoms with Gasteiger partial charge >= 0.3 is 0 Å². The van der Waals surface area contributed by atoms with Crippen molar-refractivity contribution in [2.45, 2.75) is 37.9 Å². The van der Waals surface area contributed by atoms with E-state index in [4.69, 9.17) is 0 Å². The quantitative estimate of drug-likeness (QED) is 0.903. The zero-order chi connectivity index (χ0) is 14.7. The predicted octanol–water partition coefficient (Wildman–Crippen LogP) is 1.88. The first kappa shape index (κ1) is 13.7. The number of rotatable bonds is 3. The first-order valence-corrected chi connectivity index (χ1v) is 7.00. The highest BCUT2D eigenvalue weighted by Crippen LogP contribution is 2.21. The van der Waals surface area contributed by atoms with Crippen molar-refractivity contribution < 1.29 is 9.18 Å². The Labute approximate surface area is 121 Å². The van der Waals surface area contributed by atoms with E-state index >= 15 is 0 Å². The molecule has 2 N–H and O–H groups in total. The van der Waals surface area contributed by atoms with E-state index in [2.05, 4.69) is 25.5 Å². The maximum Gasteiger partial charge on any atom is 0.270 e. The Hall–Kier alpha value is -2.31. The Kier molecular flexibility index (Phi) is 3.89. The molecule has 0 aliphatic heterocycles. The van der Waals surface area contributed by atoms with Crippen molar-refractivity contribution in [2.24, 2.45) is 0 Å². The van der Waals surface area contributed by atoms with Crippen LogP contribution in [0, 0.1) is 0 Å².